The number of rotatable bonds is 5. The Kier molecular flexibility index (Phi) is 4.99. The van der Waals surface area contributed by atoms with E-state index in [0.29, 0.717) is 18.1 Å². The Bertz CT molecular complexity index is 784. The van der Waals surface area contributed by atoms with Crippen molar-refractivity contribution in [1.82, 2.24) is 14.8 Å². The molecule has 6 nitrogen and oxygen atoms in total. The molecule has 1 atom stereocenters. The van der Waals surface area contributed by atoms with E-state index in [4.69, 9.17) is 4.74 Å². The maximum absolute atomic E-state index is 12.7. The average molecular weight is 391 g/mol. The molecule has 1 aliphatic rings. The first-order valence-corrected chi connectivity index (χ1v) is 8.77. The van der Waals surface area contributed by atoms with Crippen molar-refractivity contribution in [2.24, 2.45) is 0 Å². The SMILES string of the molecule is CCCC1=C(C(=O)OCC)[C@H](c2cccc(Br)c2)n2ncnc2N1. The zero-order valence-electron chi connectivity index (χ0n) is 13.6. The molecule has 1 N–H and O–H groups in total. The standard InChI is InChI=1S/C17H19BrN4O2/c1-3-6-13-14(16(23)24-4-2)15(11-7-5-8-12(18)9-11)22-17(21-13)19-10-20-22/h5,7-10,15H,3-4,6H2,1-2H3,(H,19,20,21)/t15-/m0/s1. The smallest absolute Gasteiger partial charge is 0.338 e. The normalized spacial score (nSPS) is 16.5. The predicted molar refractivity (Wildman–Crippen MR) is 94.5 cm³/mol. The Morgan fingerprint density at radius 3 is 2.96 bits per heavy atom. The minimum Gasteiger partial charge on any atom is -0.463 e. The van der Waals surface area contributed by atoms with Crippen molar-refractivity contribution in [2.75, 3.05) is 11.9 Å². The van der Waals surface area contributed by atoms with E-state index < -0.39 is 0 Å². The van der Waals surface area contributed by atoms with Gasteiger partial charge in [0.05, 0.1) is 12.2 Å². The molecular weight excluding hydrogens is 372 g/mol. The number of allylic oxidation sites excluding steroid dienone is 1. The summed E-state index contributed by atoms with van der Waals surface area (Å²) in [5.74, 6) is 0.316. The van der Waals surface area contributed by atoms with Crippen LogP contribution in [0.25, 0.3) is 0 Å². The molecule has 24 heavy (non-hydrogen) atoms. The van der Waals surface area contributed by atoms with Crippen LogP contribution in [0.2, 0.25) is 0 Å². The number of esters is 1. The summed E-state index contributed by atoms with van der Waals surface area (Å²) in [5.41, 5.74) is 2.39. The Balaban J connectivity index is 2.17. The first-order valence-electron chi connectivity index (χ1n) is 7.97. The number of nitrogens with zero attached hydrogens (tertiary/aromatic N) is 3. The molecule has 1 aromatic carbocycles. The number of ether oxygens (including phenoxy) is 1. The Morgan fingerprint density at radius 1 is 1.42 bits per heavy atom. The zero-order valence-corrected chi connectivity index (χ0v) is 15.2. The molecule has 0 aliphatic carbocycles. The van der Waals surface area contributed by atoms with Crippen molar-refractivity contribution >= 4 is 27.8 Å². The fraction of sp³-hybridized carbons (Fsp3) is 0.353. The molecule has 1 aliphatic heterocycles. The molecule has 7 heteroatoms. The van der Waals surface area contributed by atoms with Gasteiger partial charge >= 0.3 is 5.97 Å². The van der Waals surface area contributed by atoms with E-state index in [1.807, 2.05) is 31.2 Å². The highest BCUT2D eigenvalue weighted by molar-refractivity contribution is 9.10. The van der Waals surface area contributed by atoms with Gasteiger partial charge in [0.2, 0.25) is 5.95 Å². The summed E-state index contributed by atoms with van der Waals surface area (Å²) in [5, 5.41) is 7.56. The number of anilines is 1. The van der Waals surface area contributed by atoms with E-state index in [1.165, 1.54) is 6.33 Å². The monoisotopic (exact) mass is 390 g/mol. The molecule has 0 saturated carbocycles. The van der Waals surface area contributed by atoms with Crippen LogP contribution in [0, 0.1) is 0 Å². The van der Waals surface area contributed by atoms with Crippen LogP contribution in [0.3, 0.4) is 0 Å². The Morgan fingerprint density at radius 2 is 2.25 bits per heavy atom. The van der Waals surface area contributed by atoms with Gasteiger partial charge in [0.15, 0.2) is 0 Å². The lowest BCUT2D eigenvalue weighted by Gasteiger charge is -2.29. The third kappa shape index (κ3) is 3.08. The number of carbonyl (C=O) groups is 1. The highest BCUT2D eigenvalue weighted by atomic mass is 79.9. The third-order valence-electron chi connectivity index (χ3n) is 3.84. The average Bonchev–Trinajstić information content (AvgIpc) is 3.02. The van der Waals surface area contributed by atoms with Crippen molar-refractivity contribution in [1.29, 1.82) is 0 Å². The second kappa shape index (κ2) is 7.17. The summed E-state index contributed by atoms with van der Waals surface area (Å²) in [6.07, 6.45) is 3.14. The second-order valence-corrected chi connectivity index (χ2v) is 6.39. The molecule has 0 saturated heterocycles. The molecule has 0 amide bonds. The van der Waals surface area contributed by atoms with E-state index in [1.54, 1.807) is 4.68 Å². The van der Waals surface area contributed by atoms with E-state index in [2.05, 4.69) is 38.3 Å². The van der Waals surface area contributed by atoms with Gasteiger partial charge in [-0.2, -0.15) is 10.1 Å². The summed E-state index contributed by atoms with van der Waals surface area (Å²) >= 11 is 3.50. The molecule has 0 unspecified atom stereocenters. The molecule has 0 spiro atoms. The minimum absolute atomic E-state index is 0.320. The quantitative estimate of drug-likeness (QED) is 0.788. The zero-order chi connectivity index (χ0) is 17.1. The lowest BCUT2D eigenvalue weighted by atomic mass is 9.94. The molecular formula is C17H19BrN4O2. The van der Waals surface area contributed by atoms with Crippen LogP contribution in [0.15, 0.2) is 46.3 Å². The van der Waals surface area contributed by atoms with E-state index in [9.17, 15) is 4.79 Å². The summed E-state index contributed by atoms with van der Waals surface area (Å²) in [4.78, 5) is 17.0. The first kappa shape index (κ1) is 16.7. The van der Waals surface area contributed by atoms with Gasteiger partial charge in [-0.1, -0.05) is 41.4 Å². The van der Waals surface area contributed by atoms with Gasteiger partial charge < -0.3 is 10.1 Å². The predicted octanol–water partition coefficient (Wildman–Crippen LogP) is 3.67. The fourth-order valence-electron chi connectivity index (χ4n) is 2.89. The highest BCUT2D eigenvalue weighted by Gasteiger charge is 2.35. The molecule has 0 bridgehead atoms. The number of hydrogen-bond donors (Lipinski definition) is 1. The Labute approximate surface area is 149 Å². The molecule has 0 fully saturated rings. The number of benzene rings is 1. The van der Waals surface area contributed by atoms with Gasteiger partial charge in [0.25, 0.3) is 0 Å². The number of nitrogens with one attached hydrogen (secondary N) is 1. The summed E-state index contributed by atoms with van der Waals surface area (Å²) in [6, 6.07) is 7.51. The van der Waals surface area contributed by atoms with Crippen LogP contribution in [0.1, 0.15) is 38.3 Å². The van der Waals surface area contributed by atoms with Crippen LogP contribution in [-0.2, 0) is 9.53 Å². The number of carbonyl (C=O) groups excluding carboxylic acids is 1. The van der Waals surface area contributed by atoms with Crippen molar-refractivity contribution in [3.63, 3.8) is 0 Å². The number of aromatic nitrogens is 3. The fourth-order valence-corrected chi connectivity index (χ4v) is 3.31. The number of halogens is 1. The lowest BCUT2D eigenvalue weighted by molar-refractivity contribution is -0.139. The molecule has 1 aromatic heterocycles. The van der Waals surface area contributed by atoms with Crippen molar-refractivity contribution in [2.45, 2.75) is 32.7 Å². The van der Waals surface area contributed by atoms with Crippen LogP contribution in [0.5, 0.6) is 0 Å². The molecule has 126 valence electrons. The molecule has 3 rings (SSSR count). The highest BCUT2D eigenvalue weighted by Crippen LogP contribution is 2.37. The second-order valence-electron chi connectivity index (χ2n) is 5.47. The largest absolute Gasteiger partial charge is 0.463 e. The van der Waals surface area contributed by atoms with E-state index in [-0.39, 0.29) is 12.0 Å². The maximum atomic E-state index is 12.7. The third-order valence-corrected chi connectivity index (χ3v) is 4.33. The van der Waals surface area contributed by atoms with Gasteiger partial charge in [-0.25, -0.2) is 9.48 Å². The lowest BCUT2D eigenvalue weighted by Crippen LogP contribution is -2.30. The molecule has 2 aromatic rings. The van der Waals surface area contributed by atoms with Gasteiger partial charge in [0.1, 0.15) is 12.4 Å². The van der Waals surface area contributed by atoms with Gasteiger partial charge in [-0.05, 0) is 31.0 Å². The van der Waals surface area contributed by atoms with Gasteiger partial charge in [-0.15, -0.1) is 0 Å². The van der Waals surface area contributed by atoms with Crippen molar-refractivity contribution < 1.29 is 9.53 Å². The van der Waals surface area contributed by atoms with Crippen LogP contribution < -0.4 is 5.32 Å². The van der Waals surface area contributed by atoms with Gasteiger partial charge in [-0.3, -0.25) is 0 Å². The van der Waals surface area contributed by atoms with Crippen molar-refractivity contribution in [3.05, 3.63) is 51.9 Å². The molecule has 2 heterocycles. The van der Waals surface area contributed by atoms with E-state index >= 15 is 0 Å². The maximum Gasteiger partial charge on any atom is 0.338 e. The molecule has 0 radical (unpaired) electrons. The number of hydrogen-bond acceptors (Lipinski definition) is 5. The summed E-state index contributed by atoms with van der Waals surface area (Å²) in [6.45, 7) is 4.21. The van der Waals surface area contributed by atoms with Crippen molar-refractivity contribution in [3.8, 4) is 0 Å². The first-order chi connectivity index (χ1) is 11.7. The topological polar surface area (TPSA) is 69.0 Å². The van der Waals surface area contributed by atoms with Crippen LogP contribution >= 0.6 is 15.9 Å². The van der Waals surface area contributed by atoms with E-state index in [0.717, 1.165) is 28.6 Å². The minimum atomic E-state index is -0.359. The van der Waals surface area contributed by atoms with Crippen LogP contribution in [0.4, 0.5) is 5.95 Å². The summed E-state index contributed by atoms with van der Waals surface area (Å²) < 4.78 is 8.00. The van der Waals surface area contributed by atoms with Crippen LogP contribution in [-0.4, -0.2) is 27.3 Å². The Hall–Kier alpha value is -2.15. The van der Waals surface area contributed by atoms with Gasteiger partial charge in [0, 0.05) is 10.2 Å². The summed E-state index contributed by atoms with van der Waals surface area (Å²) in [7, 11) is 0. The number of fused-ring (bicyclic) bond motifs is 1.